The molecule has 2 aromatic heterocycles. The summed E-state index contributed by atoms with van der Waals surface area (Å²) in [7, 11) is 1.70. The summed E-state index contributed by atoms with van der Waals surface area (Å²) in [6.07, 6.45) is 3.78. The minimum atomic E-state index is -0.191. The third kappa shape index (κ3) is 3.09. The van der Waals surface area contributed by atoms with Gasteiger partial charge in [-0.05, 0) is 18.6 Å². The molecule has 3 heterocycles. The maximum absolute atomic E-state index is 6.09. The molecular formula is C18H22N6O2. The first kappa shape index (κ1) is 16.7. The third-order valence-corrected chi connectivity index (χ3v) is 4.65. The van der Waals surface area contributed by atoms with Crippen molar-refractivity contribution in [1.29, 1.82) is 0 Å². The van der Waals surface area contributed by atoms with Gasteiger partial charge >= 0.3 is 0 Å². The lowest BCUT2D eigenvalue weighted by molar-refractivity contribution is -0.0767. The summed E-state index contributed by atoms with van der Waals surface area (Å²) in [5.41, 5.74) is 8.31. The van der Waals surface area contributed by atoms with Gasteiger partial charge in [0.2, 0.25) is 0 Å². The number of nitrogen functional groups attached to an aromatic ring is 1. The molecule has 1 aliphatic heterocycles. The number of nitrogens with two attached hydrogens (primary N) is 1. The van der Waals surface area contributed by atoms with Crippen LogP contribution in [0, 0.1) is 0 Å². The average Bonchev–Trinajstić information content (AvgIpc) is 3.11. The van der Waals surface area contributed by atoms with Gasteiger partial charge in [0.25, 0.3) is 0 Å². The summed E-state index contributed by atoms with van der Waals surface area (Å²) in [6.45, 7) is 2.19. The fourth-order valence-corrected chi connectivity index (χ4v) is 3.37. The monoisotopic (exact) mass is 354 g/mol. The van der Waals surface area contributed by atoms with Crippen molar-refractivity contribution in [2.45, 2.75) is 25.3 Å². The molecule has 4 rings (SSSR count). The zero-order chi connectivity index (χ0) is 17.9. The van der Waals surface area contributed by atoms with Gasteiger partial charge in [-0.3, -0.25) is 0 Å². The molecule has 0 amide bonds. The molecule has 0 spiro atoms. The van der Waals surface area contributed by atoms with Crippen LogP contribution >= 0.6 is 0 Å². The average molecular weight is 354 g/mol. The minimum absolute atomic E-state index is 0.187. The highest BCUT2D eigenvalue weighted by molar-refractivity contribution is 5.81. The van der Waals surface area contributed by atoms with Gasteiger partial charge in [-0.15, -0.1) is 0 Å². The normalized spacial score (nSPS) is 19.0. The van der Waals surface area contributed by atoms with E-state index in [0.717, 1.165) is 18.7 Å². The van der Waals surface area contributed by atoms with Crippen LogP contribution in [-0.2, 0) is 16.0 Å². The van der Waals surface area contributed by atoms with E-state index in [9.17, 15) is 0 Å². The second-order valence-electron chi connectivity index (χ2n) is 6.25. The maximum atomic E-state index is 6.09. The fraction of sp³-hybridized carbons (Fsp3) is 0.389. The smallest absolute Gasteiger partial charge is 0.165 e. The second-order valence-corrected chi connectivity index (χ2v) is 6.25. The Bertz CT molecular complexity index is 869. The highest BCUT2D eigenvalue weighted by Gasteiger charge is 2.32. The Morgan fingerprint density at radius 3 is 2.92 bits per heavy atom. The number of anilines is 2. The molecule has 1 fully saturated rings. The van der Waals surface area contributed by atoms with Crippen LogP contribution in [0.4, 0.5) is 11.5 Å². The van der Waals surface area contributed by atoms with Gasteiger partial charge in [0.15, 0.2) is 17.7 Å². The molecule has 0 saturated carbocycles. The molecule has 1 aliphatic rings. The van der Waals surface area contributed by atoms with Crippen molar-refractivity contribution in [2.75, 3.05) is 30.9 Å². The highest BCUT2D eigenvalue weighted by atomic mass is 16.5. The number of hydrogen-bond acceptors (Lipinski definition) is 7. The lowest BCUT2D eigenvalue weighted by Crippen LogP contribution is -2.51. The van der Waals surface area contributed by atoms with Gasteiger partial charge in [0, 0.05) is 19.3 Å². The molecule has 0 bridgehead atoms. The van der Waals surface area contributed by atoms with Crippen molar-refractivity contribution in [3.8, 4) is 0 Å². The van der Waals surface area contributed by atoms with E-state index in [0.29, 0.717) is 30.1 Å². The molecular weight excluding hydrogens is 332 g/mol. The number of imidazole rings is 1. The molecule has 1 saturated heterocycles. The van der Waals surface area contributed by atoms with Crippen molar-refractivity contribution >= 4 is 22.7 Å². The molecule has 136 valence electrons. The SMILES string of the molecule is COC(Cn1cnc2c(N)ncnc21)C1OCCCN1c1ccccc1. The number of methoxy groups -OCH3 is 1. The Balaban J connectivity index is 1.61. The molecule has 0 radical (unpaired) electrons. The number of para-hydroxylation sites is 1. The van der Waals surface area contributed by atoms with Crippen molar-refractivity contribution in [2.24, 2.45) is 0 Å². The highest BCUT2D eigenvalue weighted by Crippen LogP contribution is 2.25. The first-order valence-electron chi connectivity index (χ1n) is 8.65. The number of nitrogens with zero attached hydrogens (tertiary/aromatic N) is 5. The molecule has 2 unspecified atom stereocenters. The molecule has 8 heteroatoms. The summed E-state index contributed by atoms with van der Waals surface area (Å²) in [5.74, 6) is 0.377. The van der Waals surface area contributed by atoms with Crippen LogP contribution in [0.25, 0.3) is 11.2 Å². The van der Waals surface area contributed by atoms with Crippen molar-refractivity contribution < 1.29 is 9.47 Å². The van der Waals surface area contributed by atoms with E-state index in [4.69, 9.17) is 15.2 Å². The summed E-state index contributed by atoms with van der Waals surface area (Å²) in [4.78, 5) is 14.9. The number of ether oxygens (including phenoxy) is 2. The van der Waals surface area contributed by atoms with Crippen LogP contribution in [0.1, 0.15) is 6.42 Å². The Labute approximate surface area is 151 Å². The second kappa shape index (κ2) is 7.27. The van der Waals surface area contributed by atoms with Crippen LogP contribution < -0.4 is 10.6 Å². The van der Waals surface area contributed by atoms with Crippen molar-refractivity contribution in [3.05, 3.63) is 43.0 Å². The zero-order valence-electron chi connectivity index (χ0n) is 14.7. The van der Waals surface area contributed by atoms with E-state index < -0.39 is 0 Å². The van der Waals surface area contributed by atoms with Gasteiger partial charge in [-0.25, -0.2) is 15.0 Å². The van der Waals surface area contributed by atoms with Gasteiger partial charge in [-0.1, -0.05) is 18.2 Å². The minimum Gasteiger partial charge on any atom is -0.382 e. The van der Waals surface area contributed by atoms with Gasteiger partial charge in [0.1, 0.15) is 17.9 Å². The summed E-state index contributed by atoms with van der Waals surface area (Å²) in [6, 6.07) is 10.3. The number of fused-ring (bicyclic) bond motifs is 1. The largest absolute Gasteiger partial charge is 0.382 e. The quantitative estimate of drug-likeness (QED) is 0.745. The van der Waals surface area contributed by atoms with Crippen molar-refractivity contribution in [3.63, 3.8) is 0 Å². The number of aromatic nitrogens is 4. The lowest BCUT2D eigenvalue weighted by atomic mass is 10.2. The van der Waals surface area contributed by atoms with Crippen LogP contribution in [0.15, 0.2) is 43.0 Å². The van der Waals surface area contributed by atoms with Crippen molar-refractivity contribution in [1.82, 2.24) is 19.5 Å². The first-order chi connectivity index (χ1) is 12.8. The molecule has 0 aliphatic carbocycles. The third-order valence-electron chi connectivity index (χ3n) is 4.65. The zero-order valence-corrected chi connectivity index (χ0v) is 14.7. The molecule has 1 aromatic carbocycles. The molecule has 2 atom stereocenters. The van der Waals surface area contributed by atoms with E-state index in [1.165, 1.54) is 6.33 Å². The molecule has 26 heavy (non-hydrogen) atoms. The molecule has 8 nitrogen and oxygen atoms in total. The van der Waals surface area contributed by atoms with Gasteiger partial charge < -0.3 is 24.7 Å². The number of benzene rings is 1. The van der Waals surface area contributed by atoms with E-state index in [2.05, 4.69) is 32.0 Å². The molecule has 2 N–H and O–H groups in total. The van der Waals surface area contributed by atoms with E-state index >= 15 is 0 Å². The lowest BCUT2D eigenvalue weighted by Gasteiger charge is -2.41. The van der Waals surface area contributed by atoms with Crippen LogP contribution in [0.2, 0.25) is 0 Å². The Morgan fingerprint density at radius 1 is 1.27 bits per heavy atom. The Kier molecular flexibility index (Phi) is 4.68. The number of rotatable bonds is 5. The van der Waals surface area contributed by atoms with Gasteiger partial charge in [-0.2, -0.15) is 0 Å². The number of hydrogen-bond donors (Lipinski definition) is 1. The standard InChI is InChI=1S/C18H22N6O2/c1-25-14(10-23-12-22-15-16(19)20-11-21-17(15)23)18-24(8-5-9-26-18)13-6-3-2-4-7-13/h2-4,6-7,11-12,14,18H,5,8-10H2,1H3,(H2,19,20,21). The predicted octanol–water partition coefficient (Wildman–Crippen LogP) is 1.68. The van der Waals surface area contributed by atoms with E-state index in [1.54, 1.807) is 13.4 Å². The topological polar surface area (TPSA) is 91.3 Å². The van der Waals surface area contributed by atoms with Gasteiger partial charge in [0.05, 0.1) is 19.5 Å². The summed E-state index contributed by atoms with van der Waals surface area (Å²) < 4.78 is 13.8. The predicted molar refractivity (Wildman–Crippen MR) is 98.7 cm³/mol. The Hall–Kier alpha value is -2.71. The van der Waals surface area contributed by atoms with E-state index in [1.807, 2.05) is 22.8 Å². The van der Waals surface area contributed by atoms with Crippen LogP contribution in [-0.4, -0.2) is 52.1 Å². The summed E-state index contributed by atoms with van der Waals surface area (Å²) in [5, 5.41) is 0. The summed E-state index contributed by atoms with van der Waals surface area (Å²) >= 11 is 0. The first-order valence-corrected chi connectivity index (χ1v) is 8.65. The van der Waals surface area contributed by atoms with Crippen LogP contribution in [0.5, 0.6) is 0 Å². The fourth-order valence-electron chi connectivity index (χ4n) is 3.37. The maximum Gasteiger partial charge on any atom is 0.165 e. The van der Waals surface area contributed by atoms with E-state index in [-0.39, 0.29) is 12.3 Å². The Morgan fingerprint density at radius 2 is 2.12 bits per heavy atom. The molecule has 3 aromatic rings. The van der Waals surface area contributed by atoms with Crippen LogP contribution in [0.3, 0.4) is 0 Å².